The van der Waals surface area contributed by atoms with Gasteiger partial charge >= 0.3 is 33.4 Å². The molecule has 2 aliphatic rings. The fourth-order valence-electron chi connectivity index (χ4n) is 11.3. The summed E-state index contributed by atoms with van der Waals surface area (Å²) >= 11 is 0. The van der Waals surface area contributed by atoms with Crippen molar-refractivity contribution in [3.63, 3.8) is 0 Å². The maximum absolute atomic E-state index is 14.4. The number of fused-ring (bicyclic) bond motifs is 24. The van der Waals surface area contributed by atoms with Crippen molar-refractivity contribution in [3.8, 4) is 67.4 Å². The molecule has 0 N–H and O–H groups in total. The molecular weight excluding hydrogens is 1160 g/mol. The van der Waals surface area contributed by atoms with Gasteiger partial charge < -0.3 is 15.0 Å². The first kappa shape index (κ1) is 46.6. The zero-order chi connectivity index (χ0) is 51.2. The Morgan fingerprint density at radius 1 is 0.338 bits per heavy atom. The van der Waals surface area contributed by atoms with Gasteiger partial charge in [-0.2, -0.15) is 26.3 Å². The molecule has 13 aromatic rings. The third-order valence-electron chi connectivity index (χ3n) is 14.9. The van der Waals surface area contributed by atoms with Crippen LogP contribution in [0.2, 0.25) is 0 Å². The van der Waals surface area contributed by atoms with Crippen molar-refractivity contribution in [1.29, 1.82) is 0 Å². The number of halogens is 6. The molecule has 3 aromatic heterocycles. The summed E-state index contributed by atoms with van der Waals surface area (Å²) in [6.07, 6.45) is -9.18. The molecule has 15 rings (SSSR count). The first-order valence-corrected chi connectivity index (χ1v) is 24.5. The molecule has 77 heavy (non-hydrogen) atoms. The van der Waals surface area contributed by atoms with E-state index in [1.807, 2.05) is 127 Å². The van der Waals surface area contributed by atoms with E-state index in [0.717, 1.165) is 89.3 Å². The van der Waals surface area contributed by atoms with E-state index < -0.39 is 23.5 Å². The van der Waals surface area contributed by atoms with Crippen molar-refractivity contribution in [1.82, 2.24) is 24.9 Å². The molecule has 10 aromatic carbocycles. The van der Waals surface area contributed by atoms with E-state index in [4.69, 9.17) is 24.9 Å². The first-order valence-electron chi connectivity index (χ1n) is 24.5. The van der Waals surface area contributed by atoms with Crippen LogP contribution in [0.4, 0.5) is 26.3 Å². The van der Waals surface area contributed by atoms with Crippen LogP contribution in [0.15, 0.2) is 200 Å². The Kier molecular flexibility index (Phi) is 10.3. The van der Waals surface area contributed by atoms with Gasteiger partial charge in [0, 0.05) is 27.8 Å². The molecule has 0 spiro atoms. The molecule has 8 bridgehead atoms. The third kappa shape index (κ3) is 7.47. The van der Waals surface area contributed by atoms with Crippen molar-refractivity contribution in [2.24, 2.45) is 0 Å². The van der Waals surface area contributed by atoms with Gasteiger partial charge in [-0.3, -0.25) is 4.98 Å². The summed E-state index contributed by atoms with van der Waals surface area (Å²) in [6.45, 7) is 0. The molecule has 0 radical (unpaired) electrons. The van der Waals surface area contributed by atoms with E-state index in [2.05, 4.69) is 24.3 Å². The summed E-state index contributed by atoms with van der Waals surface area (Å²) in [5.74, 6) is 0.307. The van der Waals surface area contributed by atoms with Crippen LogP contribution >= 0.6 is 0 Å². The maximum atomic E-state index is 14.4. The average Bonchev–Trinajstić information content (AvgIpc) is 4.16. The minimum absolute atomic E-state index is 0. The van der Waals surface area contributed by atoms with E-state index in [0.29, 0.717) is 89.3 Å². The van der Waals surface area contributed by atoms with Gasteiger partial charge in [0.25, 0.3) is 0 Å². The van der Waals surface area contributed by atoms with Crippen molar-refractivity contribution >= 4 is 86.8 Å². The number of nitrogens with zero attached hydrogens (tertiary/aromatic N) is 5. The second-order valence-corrected chi connectivity index (χ2v) is 19.4. The monoisotopic (exact) mass is 1190 g/mol. The second kappa shape index (κ2) is 17.0. The Hall–Kier alpha value is -8.92. The van der Waals surface area contributed by atoms with Gasteiger partial charge in [0.1, 0.15) is 0 Å². The molecule has 0 amide bonds. The summed E-state index contributed by atoms with van der Waals surface area (Å²) in [6, 6.07) is 60.3. The van der Waals surface area contributed by atoms with Crippen LogP contribution in [-0.4, -0.2) is 15.0 Å². The van der Waals surface area contributed by atoms with Crippen LogP contribution in [0.1, 0.15) is 11.1 Å². The van der Waals surface area contributed by atoms with Crippen LogP contribution in [0.3, 0.4) is 0 Å². The van der Waals surface area contributed by atoms with Gasteiger partial charge in [-0.05, 0) is 171 Å². The molecule has 0 saturated carbocycles. The number of aromatic nitrogens is 5. The van der Waals surface area contributed by atoms with E-state index in [1.165, 1.54) is 24.3 Å². The van der Waals surface area contributed by atoms with Crippen molar-refractivity contribution in [2.75, 3.05) is 0 Å². The molecule has 0 atom stereocenters. The molecule has 0 unspecified atom stereocenters. The quantitative estimate of drug-likeness (QED) is 0.161. The molecular formula is C65H33F6N5Pt. The molecule has 12 heteroatoms. The number of hydrogen-bond donors (Lipinski definition) is 0. The van der Waals surface area contributed by atoms with Gasteiger partial charge in [0.2, 0.25) is 0 Å². The van der Waals surface area contributed by atoms with Crippen LogP contribution in [-0.2, 0) is 33.4 Å². The Bertz CT molecular complexity index is 4540. The van der Waals surface area contributed by atoms with Crippen molar-refractivity contribution in [3.05, 3.63) is 211 Å². The summed E-state index contributed by atoms with van der Waals surface area (Å²) in [4.78, 5) is 27.3. The molecule has 5 heterocycles. The minimum atomic E-state index is -4.59. The van der Waals surface area contributed by atoms with Crippen LogP contribution < -0.4 is 9.97 Å². The molecule has 0 fully saturated rings. The van der Waals surface area contributed by atoms with Gasteiger partial charge in [-0.15, -0.1) is 11.0 Å². The number of rotatable bonds is 2. The molecule has 0 aliphatic carbocycles. The SMILES string of the molecule is FC(F)(F)c1ccc(-c2c3nc(nc4[n-]c(c(-c5ccc(C(F)(F)F)cc5)c5nc(cc6[n-]c2c2cc7ccccc7cc62)-c2cc6ccccc6cc2-5)c2cc5ccccc5cc42)-c2cc4ccccc4cc2-3)cc1.[Pt+2]. The maximum Gasteiger partial charge on any atom is 2.00 e. The molecule has 2 aliphatic heterocycles. The van der Waals surface area contributed by atoms with Gasteiger partial charge in [-0.25, -0.2) is 4.98 Å². The number of hydrogen-bond acceptors (Lipinski definition) is 3. The third-order valence-corrected chi connectivity index (χ3v) is 14.9. The molecule has 370 valence electrons. The standard InChI is InChI=1S/C65H33F6N5.Pt/c66-64(67,68)44-21-17-34(18-22-44)56-58-48-27-38-11-3-1-9-36(38)25-46(48)54(72-58)33-55-47-26-37-10-2-4-12-39(37)28-49(47)59(73-55)57(35-19-23-45(24-20-35)65(69,70)71)61-51-30-41-14-6-8-16-43(41)32-53(51)63(75-61)76-62-52-31-42-15-7-5-13-40(42)29-50(52)60(56)74-62;/h1-33H;/q-2;+2. The van der Waals surface area contributed by atoms with E-state index >= 15 is 0 Å². The van der Waals surface area contributed by atoms with Gasteiger partial charge in [0.05, 0.1) is 34.0 Å². The number of alkyl halides is 6. The Balaban J connectivity index is 0.00000540. The zero-order valence-electron chi connectivity index (χ0n) is 39.9. The van der Waals surface area contributed by atoms with Crippen molar-refractivity contribution in [2.45, 2.75) is 12.4 Å². The smallest absolute Gasteiger partial charge is 0.656 e. The number of benzene rings is 10. The van der Waals surface area contributed by atoms with Crippen LogP contribution in [0.25, 0.3) is 154 Å². The first-order chi connectivity index (χ1) is 36.9. The summed E-state index contributed by atoms with van der Waals surface area (Å²) in [5.41, 5.74) is 6.45. The van der Waals surface area contributed by atoms with Crippen molar-refractivity contribution < 1.29 is 47.4 Å². The topological polar surface area (TPSA) is 66.9 Å². The predicted molar refractivity (Wildman–Crippen MR) is 292 cm³/mol. The van der Waals surface area contributed by atoms with E-state index in [-0.39, 0.29) is 21.1 Å². The zero-order valence-corrected chi connectivity index (χ0v) is 42.1. The predicted octanol–water partition coefficient (Wildman–Crippen LogP) is 17.9. The Labute approximate surface area is 447 Å². The van der Waals surface area contributed by atoms with E-state index in [9.17, 15) is 26.3 Å². The normalized spacial score (nSPS) is 12.4. The summed E-state index contributed by atoms with van der Waals surface area (Å²) in [5, 5.41) is 10.2. The second-order valence-electron chi connectivity index (χ2n) is 19.4. The van der Waals surface area contributed by atoms with Gasteiger partial charge in [0.15, 0.2) is 0 Å². The fourth-order valence-corrected chi connectivity index (χ4v) is 11.3. The van der Waals surface area contributed by atoms with Crippen LogP contribution in [0, 0.1) is 0 Å². The average molecular weight is 1190 g/mol. The summed E-state index contributed by atoms with van der Waals surface area (Å²) in [7, 11) is 0. The molecule has 0 saturated heterocycles. The Morgan fingerprint density at radius 2 is 0.714 bits per heavy atom. The van der Waals surface area contributed by atoms with E-state index in [1.54, 1.807) is 0 Å². The summed E-state index contributed by atoms with van der Waals surface area (Å²) < 4.78 is 86.1. The fraction of sp³-hybridized carbons (Fsp3) is 0.0308. The van der Waals surface area contributed by atoms with Crippen LogP contribution in [0.5, 0.6) is 0 Å². The largest absolute Gasteiger partial charge is 2.00 e. The van der Waals surface area contributed by atoms with Gasteiger partial charge in [-0.1, -0.05) is 121 Å². The minimum Gasteiger partial charge on any atom is -0.656 e. The Morgan fingerprint density at radius 3 is 1.19 bits per heavy atom. The molecule has 5 nitrogen and oxygen atoms in total.